The summed E-state index contributed by atoms with van der Waals surface area (Å²) >= 11 is 6.14. The number of benzene rings is 3. The first kappa shape index (κ1) is 26.1. The van der Waals surface area contributed by atoms with E-state index in [1.807, 2.05) is 71.4 Å². The molecule has 9 heteroatoms. The molecular formula is C28H28ClN3O5. The zero-order chi connectivity index (χ0) is 26.5. The number of carbonyl (C=O) groups is 1. The molecule has 0 aliphatic carbocycles. The van der Waals surface area contributed by atoms with Crippen LogP contribution in [0.1, 0.15) is 12.0 Å². The third-order valence-corrected chi connectivity index (χ3v) is 6.29. The van der Waals surface area contributed by atoms with Crippen molar-refractivity contribution in [3.63, 3.8) is 0 Å². The van der Waals surface area contributed by atoms with Gasteiger partial charge in [-0.05, 0) is 61.0 Å². The zero-order valence-electron chi connectivity index (χ0n) is 21.1. The number of aromatic nitrogens is 2. The standard InChI is InChI=1S/C28H28ClN3O5/c1-31(34)27(33)16-14-23-26(36-3)15-13-22(28(23)37-4)24-17-25(18-5-7-19(29)8-6-18)32(30-24)20-9-11-21(35-2)12-10-20/h5-13,15,17,34H,14,16H2,1-4H3. The van der Waals surface area contributed by atoms with Crippen LogP contribution in [0.2, 0.25) is 5.02 Å². The van der Waals surface area contributed by atoms with Crippen molar-refractivity contribution in [2.45, 2.75) is 12.8 Å². The van der Waals surface area contributed by atoms with Gasteiger partial charge in [-0.1, -0.05) is 23.7 Å². The van der Waals surface area contributed by atoms with Gasteiger partial charge in [-0.3, -0.25) is 10.0 Å². The Balaban J connectivity index is 1.86. The summed E-state index contributed by atoms with van der Waals surface area (Å²) in [5.41, 5.74) is 4.76. The number of ether oxygens (including phenoxy) is 3. The summed E-state index contributed by atoms with van der Waals surface area (Å²) in [6.07, 6.45) is 0.395. The fraction of sp³-hybridized carbons (Fsp3) is 0.214. The number of methoxy groups -OCH3 is 3. The topological polar surface area (TPSA) is 86.1 Å². The molecule has 0 saturated carbocycles. The summed E-state index contributed by atoms with van der Waals surface area (Å²) in [7, 11) is 6.06. The van der Waals surface area contributed by atoms with Gasteiger partial charge in [0.1, 0.15) is 17.2 Å². The van der Waals surface area contributed by atoms with Gasteiger partial charge in [0.25, 0.3) is 0 Å². The second kappa shape index (κ2) is 11.4. The number of hydroxylamine groups is 2. The van der Waals surface area contributed by atoms with Gasteiger partial charge in [-0.15, -0.1) is 0 Å². The lowest BCUT2D eigenvalue weighted by Gasteiger charge is -2.17. The van der Waals surface area contributed by atoms with E-state index in [0.29, 0.717) is 39.3 Å². The first-order valence-corrected chi connectivity index (χ1v) is 11.9. The van der Waals surface area contributed by atoms with Gasteiger partial charge in [-0.2, -0.15) is 5.10 Å². The van der Waals surface area contributed by atoms with E-state index in [2.05, 4.69) is 0 Å². The SMILES string of the molecule is COc1ccc(-n2nc(-c3ccc(OC)c(CCC(=O)N(C)O)c3OC)cc2-c2ccc(Cl)cc2)cc1. The summed E-state index contributed by atoms with van der Waals surface area (Å²) in [5, 5.41) is 15.6. The van der Waals surface area contributed by atoms with E-state index in [1.54, 1.807) is 21.3 Å². The lowest BCUT2D eigenvalue weighted by molar-refractivity contribution is -0.159. The van der Waals surface area contributed by atoms with Crippen LogP contribution >= 0.6 is 11.6 Å². The Hall–Kier alpha value is -4.01. The van der Waals surface area contributed by atoms with Crippen LogP contribution in [0.5, 0.6) is 17.2 Å². The Kier molecular flexibility index (Phi) is 8.01. The molecule has 1 aromatic heterocycles. The smallest absolute Gasteiger partial charge is 0.245 e. The second-order valence-corrected chi connectivity index (χ2v) is 8.71. The van der Waals surface area contributed by atoms with Gasteiger partial charge in [0.15, 0.2) is 0 Å². The molecule has 1 N–H and O–H groups in total. The van der Waals surface area contributed by atoms with Gasteiger partial charge in [0.05, 0.1) is 38.4 Å². The highest BCUT2D eigenvalue weighted by Crippen LogP contribution is 2.40. The average molecular weight is 522 g/mol. The fourth-order valence-corrected chi connectivity index (χ4v) is 4.25. The number of halogens is 1. The molecule has 0 radical (unpaired) electrons. The summed E-state index contributed by atoms with van der Waals surface area (Å²) in [6.45, 7) is 0. The molecule has 0 spiro atoms. The van der Waals surface area contributed by atoms with Crippen LogP contribution in [0.4, 0.5) is 0 Å². The van der Waals surface area contributed by atoms with Gasteiger partial charge < -0.3 is 14.2 Å². The van der Waals surface area contributed by atoms with E-state index < -0.39 is 5.91 Å². The van der Waals surface area contributed by atoms with E-state index in [1.165, 1.54) is 7.05 Å². The molecule has 0 unspecified atom stereocenters. The van der Waals surface area contributed by atoms with Crippen molar-refractivity contribution in [2.75, 3.05) is 28.4 Å². The molecular weight excluding hydrogens is 494 g/mol. The zero-order valence-corrected chi connectivity index (χ0v) is 21.8. The Morgan fingerprint density at radius 1 is 0.973 bits per heavy atom. The van der Waals surface area contributed by atoms with Crippen LogP contribution in [0.3, 0.4) is 0 Å². The summed E-state index contributed by atoms with van der Waals surface area (Å²) < 4.78 is 18.5. The molecule has 192 valence electrons. The number of carbonyl (C=O) groups excluding carboxylic acids is 1. The van der Waals surface area contributed by atoms with E-state index in [-0.39, 0.29) is 6.42 Å². The van der Waals surface area contributed by atoms with Crippen molar-refractivity contribution in [3.8, 4) is 45.5 Å². The monoisotopic (exact) mass is 521 g/mol. The maximum Gasteiger partial charge on any atom is 0.245 e. The highest BCUT2D eigenvalue weighted by Gasteiger charge is 2.21. The quantitative estimate of drug-likeness (QED) is 0.226. The predicted octanol–water partition coefficient (Wildman–Crippen LogP) is 5.67. The molecule has 1 heterocycles. The molecule has 0 bridgehead atoms. The van der Waals surface area contributed by atoms with Crippen molar-refractivity contribution < 1.29 is 24.2 Å². The highest BCUT2D eigenvalue weighted by molar-refractivity contribution is 6.30. The molecule has 0 atom stereocenters. The minimum absolute atomic E-state index is 0.0828. The predicted molar refractivity (Wildman–Crippen MR) is 142 cm³/mol. The van der Waals surface area contributed by atoms with Crippen molar-refractivity contribution >= 4 is 17.5 Å². The Morgan fingerprint density at radius 3 is 2.27 bits per heavy atom. The molecule has 0 fully saturated rings. The largest absolute Gasteiger partial charge is 0.497 e. The highest BCUT2D eigenvalue weighted by atomic mass is 35.5. The Labute approximate surface area is 220 Å². The average Bonchev–Trinajstić information content (AvgIpc) is 3.36. The molecule has 4 rings (SSSR count). The molecule has 1 amide bonds. The number of nitrogens with zero attached hydrogens (tertiary/aromatic N) is 3. The second-order valence-electron chi connectivity index (χ2n) is 8.28. The van der Waals surface area contributed by atoms with Crippen molar-refractivity contribution in [1.29, 1.82) is 0 Å². The Morgan fingerprint density at radius 2 is 1.68 bits per heavy atom. The van der Waals surface area contributed by atoms with Gasteiger partial charge in [-0.25, -0.2) is 9.75 Å². The first-order chi connectivity index (χ1) is 17.9. The number of amides is 1. The number of hydrogen-bond donors (Lipinski definition) is 1. The van der Waals surface area contributed by atoms with E-state index in [4.69, 9.17) is 30.9 Å². The lowest BCUT2D eigenvalue weighted by atomic mass is 10.00. The molecule has 4 aromatic rings. The third-order valence-electron chi connectivity index (χ3n) is 6.03. The van der Waals surface area contributed by atoms with Gasteiger partial charge >= 0.3 is 0 Å². The molecule has 8 nitrogen and oxygen atoms in total. The molecule has 0 saturated heterocycles. The summed E-state index contributed by atoms with van der Waals surface area (Å²) in [6, 6.07) is 20.9. The van der Waals surface area contributed by atoms with Crippen LogP contribution in [0.15, 0.2) is 66.7 Å². The molecule has 0 aliphatic rings. The molecule has 37 heavy (non-hydrogen) atoms. The van der Waals surface area contributed by atoms with Crippen molar-refractivity contribution in [3.05, 3.63) is 77.3 Å². The van der Waals surface area contributed by atoms with Crippen LogP contribution in [-0.2, 0) is 11.2 Å². The minimum atomic E-state index is -0.414. The van der Waals surface area contributed by atoms with Crippen LogP contribution in [-0.4, -0.2) is 54.3 Å². The van der Waals surface area contributed by atoms with Crippen molar-refractivity contribution in [1.82, 2.24) is 14.8 Å². The first-order valence-electron chi connectivity index (χ1n) is 11.6. The third kappa shape index (κ3) is 5.55. The maximum absolute atomic E-state index is 12.1. The summed E-state index contributed by atoms with van der Waals surface area (Å²) in [5.74, 6) is 1.47. The maximum atomic E-state index is 12.1. The normalized spacial score (nSPS) is 10.8. The van der Waals surface area contributed by atoms with E-state index in [0.717, 1.165) is 28.3 Å². The van der Waals surface area contributed by atoms with E-state index >= 15 is 0 Å². The van der Waals surface area contributed by atoms with Gasteiger partial charge in [0.2, 0.25) is 5.91 Å². The molecule has 3 aromatic carbocycles. The van der Waals surface area contributed by atoms with Crippen molar-refractivity contribution in [2.24, 2.45) is 0 Å². The number of hydrogen-bond acceptors (Lipinski definition) is 6. The summed E-state index contributed by atoms with van der Waals surface area (Å²) in [4.78, 5) is 12.1. The minimum Gasteiger partial charge on any atom is -0.497 e. The van der Waals surface area contributed by atoms with Crippen LogP contribution in [0.25, 0.3) is 28.2 Å². The van der Waals surface area contributed by atoms with E-state index in [9.17, 15) is 10.0 Å². The molecule has 0 aliphatic heterocycles. The van der Waals surface area contributed by atoms with Crippen LogP contribution < -0.4 is 14.2 Å². The fourth-order valence-electron chi connectivity index (χ4n) is 4.13. The lowest BCUT2D eigenvalue weighted by Crippen LogP contribution is -2.22. The van der Waals surface area contributed by atoms with Crippen LogP contribution in [0, 0.1) is 0 Å². The Bertz CT molecular complexity index is 1380. The van der Waals surface area contributed by atoms with Gasteiger partial charge in [0, 0.05) is 35.2 Å². The number of rotatable bonds is 9.